The lowest BCUT2D eigenvalue weighted by Gasteiger charge is -2.17. The Kier molecular flexibility index (Phi) is 5.03. The largest absolute Gasteiger partial charge is 0.420 e. The van der Waals surface area contributed by atoms with Crippen LogP contribution >= 0.6 is 23.4 Å². The third-order valence-corrected chi connectivity index (χ3v) is 5.31. The summed E-state index contributed by atoms with van der Waals surface area (Å²) in [5.74, 6) is 2.66. The van der Waals surface area contributed by atoms with Gasteiger partial charge in [0.05, 0.1) is 5.75 Å². The van der Waals surface area contributed by atoms with Crippen molar-refractivity contribution in [3.05, 3.63) is 41.1 Å². The van der Waals surface area contributed by atoms with E-state index in [4.69, 9.17) is 20.4 Å². The van der Waals surface area contributed by atoms with Crippen LogP contribution < -0.4 is 0 Å². The molecule has 0 spiro atoms. The number of hydrogen-bond acceptors (Lipinski definition) is 7. The summed E-state index contributed by atoms with van der Waals surface area (Å²) in [4.78, 5) is 0. The van der Waals surface area contributed by atoms with Gasteiger partial charge in [-0.3, -0.25) is 0 Å². The molecule has 0 saturated heterocycles. The molecule has 6 nitrogen and oxygen atoms in total. The fraction of sp³-hybridized carbons (Fsp3) is 0.412. The van der Waals surface area contributed by atoms with Gasteiger partial charge in [-0.1, -0.05) is 42.6 Å². The van der Waals surface area contributed by atoms with Crippen LogP contribution in [-0.4, -0.2) is 20.4 Å². The van der Waals surface area contributed by atoms with Crippen molar-refractivity contribution >= 4 is 23.4 Å². The minimum atomic E-state index is 0.413. The molecule has 1 fully saturated rings. The van der Waals surface area contributed by atoms with E-state index in [1.807, 2.05) is 12.1 Å². The molecule has 0 atom stereocenters. The average Bonchev–Trinajstić information content (AvgIpc) is 3.31. The van der Waals surface area contributed by atoms with Crippen LogP contribution in [0.3, 0.4) is 0 Å². The van der Waals surface area contributed by atoms with Crippen molar-refractivity contribution in [3.63, 3.8) is 0 Å². The molecule has 0 radical (unpaired) electrons. The number of aromatic nitrogens is 4. The molecule has 2 heterocycles. The first kappa shape index (κ1) is 16.6. The maximum absolute atomic E-state index is 5.89. The fourth-order valence-corrected chi connectivity index (χ4v) is 3.67. The predicted molar refractivity (Wildman–Crippen MR) is 94.4 cm³/mol. The van der Waals surface area contributed by atoms with Crippen LogP contribution in [0.5, 0.6) is 0 Å². The summed E-state index contributed by atoms with van der Waals surface area (Å²) in [5.41, 5.74) is 0.838. The maximum atomic E-state index is 5.89. The lowest BCUT2D eigenvalue weighted by Crippen LogP contribution is -2.04. The van der Waals surface area contributed by atoms with Crippen LogP contribution in [0.25, 0.3) is 11.5 Å². The van der Waals surface area contributed by atoms with Crippen molar-refractivity contribution in [2.24, 2.45) is 0 Å². The van der Waals surface area contributed by atoms with Gasteiger partial charge in [-0.2, -0.15) is 0 Å². The number of hydrogen-bond donors (Lipinski definition) is 0. The first-order valence-corrected chi connectivity index (χ1v) is 9.69. The van der Waals surface area contributed by atoms with Crippen molar-refractivity contribution in [2.75, 3.05) is 0 Å². The highest BCUT2D eigenvalue weighted by Gasteiger charge is 2.21. The number of rotatable bonds is 5. The molecule has 1 saturated carbocycles. The molecule has 0 unspecified atom stereocenters. The smallest absolute Gasteiger partial charge is 0.277 e. The van der Waals surface area contributed by atoms with E-state index >= 15 is 0 Å². The number of halogens is 1. The molecule has 25 heavy (non-hydrogen) atoms. The molecule has 130 valence electrons. The normalized spacial score (nSPS) is 15.6. The zero-order valence-electron chi connectivity index (χ0n) is 13.5. The topological polar surface area (TPSA) is 77.8 Å². The van der Waals surface area contributed by atoms with Crippen LogP contribution in [0.1, 0.15) is 49.8 Å². The molecule has 4 rings (SSSR count). The summed E-state index contributed by atoms with van der Waals surface area (Å²) in [6, 6.07) is 7.28. The van der Waals surface area contributed by atoms with Gasteiger partial charge in [-0.05, 0) is 37.1 Å². The predicted octanol–water partition coefficient (Wildman–Crippen LogP) is 5.11. The van der Waals surface area contributed by atoms with Gasteiger partial charge in [0.25, 0.3) is 5.22 Å². The minimum Gasteiger partial charge on any atom is -0.420 e. The molecular formula is C17H17ClN4O2S. The Bertz CT molecular complexity index is 827. The van der Waals surface area contributed by atoms with Gasteiger partial charge in [0.2, 0.25) is 17.7 Å². The molecule has 0 bridgehead atoms. The van der Waals surface area contributed by atoms with Gasteiger partial charge >= 0.3 is 0 Å². The summed E-state index contributed by atoms with van der Waals surface area (Å²) in [6.45, 7) is 0. The summed E-state index contributed by atoms with van der Waals surface area (Å²) in [6.07, 6.45) is 6.07. The molecule has 2 aromatic heterocycles. The Hall–Kier alpha value is -1.86. The highest BCUT2D eigenvalue weighted by molar-refractivity contribution is 7.98. The van der Waals surface area contributed by atoms with Crippen LogP contribution in [0, 0.1) is 0 Å². The number of thioether (sulfide) groups is 1. The van der Waals surface area contributed by atoms with Crippen LogP contribution in [0.4, 0.5) is 0 Å². The first-order valence-electron chi connectivity index (χ1n) is 8.32. The highest BCUT2D eigenvalue weighted by atomic mass is 35.5. The zero-order valence-corrected chi connectivity index (χ0v) is 15.1. The van der Waals surface area contributed by atoms with E-state index < -0.39 is 0 Å². The monoisotopic (exact) mass is 376 g/mol. The van der Waals surface area contributed by atoms with Crippen LogP contribution in [-0.2, 0) is 5.75 Å². The van der Waals surface area contributed by atoms with E-state index in [-0.39, 0.29) is 0 Å². The molecule has 3 aromatic rings. The Morgan fingerprint density at radius 3 is 2.56 bits per heavy atom. The third kappa shape index (κ3) is 4.04. The molecule has 1 aromatic carbocycles. The maximum Gasteiger partial charge on any atom is 0.277 e. The lowest BCUT2D eigenvalue weighted by atomic mass is 9.89. The van der Waals surface area contributed by atoms with Gasteiger partial charge in [0.15, 0.2) is 0 Å². The van der Waals surface area contributed by atoms with E-state index in [1.165, 1.54) is 31.0 Å². The van der Waals surface area contributed by atoms with E-state index in [0.717, 1.165) is 24.3 Å². The van der Waals surface area contributed by atoms with Gasteiger partial charge in [0, 0.05) is 16.5 Å². The van der Waals surface area contributed by atoms with Gasteiger partial charge < -0.3 is 8.83 Å². The summed E-state index contributed by atoms with van der Waals surface area (Å²) in [7, 11) is 0. The van der Waals surface area contributed by atoms with Crippen LogP contribution in [0.15, 0.2) is 38.3 Å². The quantitative estimate of drug-likeness (QED) is 0.572. The molecule has 0 amide bonds. The Labute approximate surface area is 154 Å². The van der Waals surface area contributed by atoms with Crippen molar-refractivity contribution < 1.29 is 8.83 Å². The Morgan fingerprint density at radius 1 is 0.960 bits per heavy atom. The van der Waals surface area contributed by atoms with Crippen LogP contribution in [0.2, 0.25) is 5.02 Å². The van der Waals surface area contributed by atoms with Crippen molar-refractivity contribution in [1.29, 1.82) is 0 Å². The van der Waals surface area contributed by atoms with Crippen molar-refractivity contribution in [3.8, 4) is 11.5 Å². The van der Waals surface area contributed by atoms with Crippen molar-refractivity contribution in [1.82, 2.24) is 20.4 Å². The molecular weight excluding hydrogens is 360 g/mol. The summed E-state index contributed by atoms with van der Waals surface area (Å²) < 4.78 is 11.5. The third-order valence-electron chi connectivity index (χ3n) is 4.25. The second kappa shape index (κ2) is 7.58. The van der Waals surface area contributed by atoms with E-state index in [9.17, 15) is 0 Å². The SMILES string of the molecule is Clc1ccc(-c2nnc(CSc3nnc(C4CCCCC4)o3)o2)cc1. The highest BCUT2D eigenvalue weighted by Crippen LogP contribution is 2.33. The van der Waals surface area contributed by atoms with E-state index in [1.54, 1.807) is 12.1 Å². The first-order chi connectivity index (χ1) is 12.3. The van der Waals surface area contributed by atoms with E-state index in [0.29, 0.717) is 33.7 Å². The second-order valence-corrected chi connectivity index (χ2v) is 7.40. The number of nitrogens with zero attached hydrogens (tertiary/aromatic N) is 4. The standard InChI is InChI=1S/C17H17ClN4O2S/c18-13-8-6-12(7-9-13)15-20-19-14(23-15)10-25-17-22-21-16(24-17)11-4-2-1-3-5-11/h6-9,11H,1-5,10H2. The van der Waals surface area contributed by atoms with Crippen molar-refractivity contribution in [2.45, 2.75) is 49.0 Å². The zero-order chi connectivity index (χ0) is 17.1. The van der Waals surface area contributed by atoms with Gasteiger partial charge in [-0.15, -0.1) is 20.4 Å². The molecule has 1 aliphatic carbocycles. The second-order valence-electron chi connectivity index (χ2n) is 6.04. The van der Waals surface area contributed by atoms with Gasteiger partial charge in [-0.25, -0.2) is 0 Å². The number of benzene rings is 1. The molecule has 1 aliphatic rings. The fourth-order valence-electron chi connectivity index (χ4n) is 2.94. The minimum absolute atomic E-state index is 0.413. The lowest BCUT2D eigenvalue weighted by molar-refractivity contribution is 0.334. The van der Waals surface area contributed by atoms with Gasteiger partial charge in [0.1, 0.15) is 0 Å². The average molecular weight is 377 g/mol. The molecule has 0 N–H and O–H groups in total. The molecule has 0 aliphatic heterocycles. The molecule has 8 heteroatoms. The Morgan fingerprint density at radius 2 is 1.76 bits per heavy atom. The Balaban J connectivity index is 1.37. The summed E-state index contributed by atoms with van der Waals surface area (Å²) in [5, 5.41) is 17.7. The summed E-state index contributed by atoms with van der Waals surface area (Å²) >= 11 is 7.30. The van der Waals surface area contributed by atoms with E-state index in [2.05, 4.69) is 20.4 Å².